The molecule has 0 spiro atoms. The number of hydrogen-bond donors (Lipinski definition) is 1. The third kappa shape index (κ3) is 2.08. The Balaban J connectivity index is 2.14. The van der Waals surface area contributed by atoms with Crippen LogP contribution >= 0.6 is 0 Å². The van der Waals surface area contributed by atoms with E-state index < -0.39 is 0 Å². The van der Waals surface area contributed by atoms with E-state index in [1.807, 2.05) is 0 Å². The van der Waals surface area contributed by atoms with Crippen LogP contribution in [0.2, 0.25) is 0 Å². The number of rotatable bonds is 4. The second kappa shape index (κ2) is 4.26. The lowest BCUT2D eigenvalue weighted by Crippen LogP contribution is -2.51. The number of allylic oxidation sites excluding steroid dienone is 1. The van der Waals surface area contributed by atoms with Crippen molar-refractivity contribution in [1.82, 2.24) is 4.90 Å². The van der Waals surface area contributed by atoms with Gasteiger partial charge < -0.3 is 10.0 Å². The Morgan fingerprint density at radius 1 is 1.67 bits per heavy atom. The second-order valence-corrected chi connectivity index (χ2v) is 3.17. The van der Waals surface area contributed by atoms with E-state index in [4.69, 9.17) is 5.11 Å². The highest BCUT2D eigenvalue weighted by Gasteiger charge is 2.28. The predicted octanol–water partition coefficient (Wildman–Crippen LogP) is 0.403. The van der Waals surface area contributed by atoms with Crippen LogP contribution in [0.15, 0.2) is 12.7 Å². The van der Waals surface area contributed by atoms with E-state index >= 15 is 0 Å². The molecule has 0 radical (unpaired) electrons. The molecule has 1 N–H and O–H groups in total. The van der Waals surface area contributed by atoms with Crippen LogP contribution in [0.5, 0.6) is 0 Å². The minimum absolute atomic E-state index is 0.180. The third-order valence-corrected chi connectivity index (χ3v) is 2.13. The normalized spacial score (nSPS) is 17.2. The molecule has 1 rings (SSSR count). The molecule has 0 aromatic carbocycles. The van der Waals surface area contributed by atoms with Crippen LogP contribution in [-0.2, 0) is 4.79 Å². The molecule has 0 aromatic heterocycles. The van der Waals surface area contributed by atoms with Crippen LogP contribution in [0.3, 0.4) is 0 Å². The minimum atomic E-state index is 0.180. The van der Waals surface area contributed by atoms with Crippen molar-refractivity contribution in [3.05, 3.63) is 12.7 Å². The minimum Gasteiger partial charge on any atom is -0.396 e. The van der Waals surface area contributed by atoms with Gasteiger partial charge in [0.15, 0.2) is 0 Å². The largest absolute Gasteiger partial charge is 0.396 e. The van der Waals surface area contributed by atoms with E-state index in [0.717, 1.165) is 19.5 Å². The first-order chi connectivity index (χ1) is 5.77. The zero-order valence-corrected chi connectivity index (χ0v) is 7.20. The molecule has 0 unspecified atom stereocenters. The quantitative estimate of drug-likeness (QED) is 0.619. The van der Waals surface area contributed by atoms with Crippen LogP contribution < -0.4 is 0 Å². The Morgan fingerprint density at radius 3 is 2.83 bits per heavy atom. The molecule has 1 heterocycles. The van der Waals surface area contributed by atoms with Gasteiger partial charge in [-0.2, -0.15) is 0 Å². The molecule has 1 aliphatic rings. The van der Waals surface area contributed by atoms with Gasteiger partial charge in [0, 0.05) is 32.0 Å². The number of nitrogens with zero attached hydrogens (tertiary/aromatic N) is 1. The average molecular weight is 169 g/mol. The summed E-state index contributed by atoms with van der Waals surface area (Å²) in [5, 5.41) is 8.71. The fourth-order valence-electron chi connectivity index (χ4n) is 1.27. The summed E-state index contributed by atoms with van der Waals surface area (Å²) < 4.78 is 0. The van der Waals surface area contributed by atoms with E-state index in [2.05, 4.69) is 6.58 Å². The maximum Gasteiger partial charge on any atom is 0.222 e. The molecular formula is C9H15NO2. The van der Waals surface area contributed by atoms with Crippen molar-refractivity contribution in [2.45, 2.75) is 12.8 Å². The molecule has 0 atom stereocenters. The van der Waals surface area contributed by atoms with Crippen molar-refractivity contribution in [3.8, 4) is 0 Å². The predicted molar refractivity (Wildman–Crippen MR) is 46.6 cm³/mol. The lowest BCUT2D eigenvalue weighted by Gasteiger charge is -2.38. The molecule has 1 fully saturated rings. The molecule has 0 bridgehead atoms. The highest BCUT2D eigenvalue weighted by Crippen LogP contribution is 2.15. The standard InChI is InChI=1S/C9H15NO2/c1-2-3-4-9(12)10-5-8(6-10)7-11/h2,8,11H,1,3-7H2. The maximum absolute atomic E-state index is 11.2. The Morgan fingerprint density at radius 2 is 2.33 bits per heavy atom. The molecule has 0 aliphatic carbocycles. The highest BCUT2D eigenvalue weighted by atomic mass is 16.3. The first-order valence-corrected chi connectivity index (χ1v) is 4.27. The number of hydrogen-bond acceptors (Lipinski definition) is 2. The average Bonchev–Trinajstić information content (AvgIpc) is 1.99. The molecular weight excluding hydrogens is 154 g/mol. The van der Waals surface area contributed by atoms with E-state index in [1.54, 1.807) is 11.0 Å². The van der Waals surface area contributed by atoms with Crippen molar-refractivity contribution in [3.63, 3.8) is 0 Å². The van der Waals surface area contributed by atoms with Crippen molar-refractivity contribution in [1.29, 1.82) is 0 Å². The Labute approximate surface area is 72.7 Å². The number of aliphatic hydroxyl groups excluding tert-OH is 1. The second-order valence-electron chi connectivity index (χ2n) is 3.17. The molecule has 1 aliphatic heterocycles. The summed E-state index contributed by atoms with van der Waals surface area (Å²) in [6, 6.07) is 0. The molecule has 1 saturated heterocycles. The summed E-state index contributed by atoms with van der Waals surface area (Å²) in [5.74, 6) is 0.497. The number of aliphatic hydroxyl groups is 1. The molecule has 3 nitrogen and oxygen atoms in total. The van der Waals surface area contributed by atoms with Gasteiger partial charge in [-0.25, -0.2) is 0 Å². The van der Waals surface area contributed by atoms with E-state index in [0.29, 0.717) is 12.3 Å². The van der Waals surface area contributed by atoms with Crippen LogP contribution in [0.1, 0.15) is 12.8 Å². The van der Waals surface area contributed by atoms with Crippen molar-refractivity contribution in [2.24, 2.45) is 5.92 Å². The lowest BCUT2D eigenvalue weighted by molar-refractivity contribution is -0.138. The SMILES string of the molecule is C=CCCC(=O)N1CC(CO)C1. The van der Waals surface area contributed by atoms with Gasteiger partial charge in [0.05, 0.1) is 0 Å². The topological polar surface area (TPSA) is 40.5 Å². The molecule has 12 heavy (non-hydrogen) atoms. The number of carbonyl (C=O) groups excluding carboxylic acids is 1. The van der Waals surface area contributed by atoms with Gasteiger partial charge in [-0.15, -0.1) is 6.58 Å². The Bertz CT molecular complexity index is 173. The van der Waals surface area contributed by atoms with Crippen LogP contribution in [0.4, 0.5) is 0 Å². The van der Waals surface area contributed by atoms with Crippen molar-refractivity contribution in [2.75, 3.05) is 19.7 Å². The van der Waals surface area contributed by atoms with Gasteiger partial charge in [-0.05, 0) is 6.42 Å². The summed E-state index contributed by atoms with van der Waals surface area (Å²) in [7, 11) is 0. The van der Waals surface area contributed by atoms with Gasteiger partial charge in [0.2, 0.25) is 5.91 Å². The van der Waals surface area contributed by atoms with E-state index in [1.165, 1.54) is 0 Å². The fraction of sp³-hybridized carbons (Fsp3) is 0.667. The highest BCUT2D eigenvalue weighted by molar-refractivity contribution is 5.77. The smallest absolute Gasteiger partial charge is 0.222 e. The van der Waals surface area contributed by atoms with Crippen LogP contribution in [-0.4, -0.2) is 35.6 Å². The van der Waals surface area contributed by atoms with E-state index in [-0.39, 0.29) is 12.5 Å². The summed E-state index contributed by atoms with van der Waals surface area (Å²) in [5.41, 5.74) is 0. The Hall–Kier alpha value is -0.830. The molecule has 1 amide bonds. The van der Waals surface area contributed by atoms with Crippen LogP contribution in [0, 0.1) is 5.92 Å². The maximum atomic E-state index is 11.2. The molecule has 0 saturated carbocycles. The first kappa shape index (κ1) is 9.26. The Kier molecular flexibility index (Phi) is 3.29. The van der Waals surface area contributed by atoms with Crippen molar-refractivity contribution < 1.29 is 9.90 Å². The van der Waals surface area contributed by atoms with E-state index in [9.17, 15) is 4.79 Å². The third-order valence-electron chi connectivity index (χ3n) is 2.13. The monoisotopic (exact) mass is 169 g/mol. The summed E-state index contributed by atoms with van der Waals surface area (Å²) >= 11 is 0. The number of likely N-dealkylation sites (tertiary alicyclic amines) is 1. The molecule has 68 valence electrons. The van der Waals surface area contributed by atoms with Gasteiger partial charge >= 0.3 is 0 Å². The molecule has 3 heteroatoms. The summed E-state index contributed by atoms with van der Waals surface area (Å²) in [6.45, 7) is 5.21. The van der Waals surface area contributed by atoms with Gasteiger partial charge in [0.1, 0.15) is 0 Å². The number of amides is 1. The van der Waals surface area contributed by atoms with Crippen molar-refractivity contribution >= 4 is 5.91 Å². The van der Waals surface area contributed by atoms with Gasteiger partial charge in [-0.3, -0.25) is 4.79 Å². The zero-order valence-electron chi connectivity index (χ0n) is 7.20. The lowest BCUT2D eigenvalue weighted by atomic mass is 10.0. The molecule has 0 aromatic rings. The van der Waals surface area contributed by atoms with Gasteiger partial charge in [0.25, 0.3) is 0 Å². The first-order valence-electron chi connectivity index (χ1n) is 4.27. The summed E-state index contributed by atoms with van der Waals surface area (Å²) in [6.07, 6.45) is 3.06. The number of carbonyl (C=O) groups is 1. The van der Waals surface area contributed by atoms with Crippen LogP contribution in [0.25, 0.3) is 0 Å². The van der Waals surface area contributed by atoms with Gasteiger partial charge in [-0.1, -0.05) is 6.08 Å². The zero-order chi connectivity index (χ0) is 8.97. The fourth-order valence-corrected chi connectivity index (χ4v) is 1.27. The summed E-state index contributed by atoms with van der Waals surface area (Å²) in [4.78, 5) is 13.0.